The van der Waals surface area contributed by atoms with Crippen molar-refractivity contribution in [3.63, 3.8) is 0 Å². The van der Waals surface area contributed by atoms with Crippen molar-refractivity contribution >= 4 is 34.5 Å². The lowest BCUT2D eigenvalue weighted by Gasteiger charge is -2.16. The van der Waals surface area contributed by atoms with Crippen molar-refractivity contribution in [1.82, 2.24) is 4.98 Å². The fraction of sp³-hybridized carbons (Fsp3) is 0.227. The van der Waals surface area contributed by atoms with Crippen LogP contribution in [0.5, 0.6) is 0 Å². The molecule has 2 aromatic carbocycles. The SMILES string of the molecule is O=C(Cc1csc(-c2ccc(C(F)(F)F)cc2)n1)Nc1cccc(N2CCCC2=O)c1. The van der Waals surface area contributed by atoms with Crippen molar-refractivity contribution in [3.8, 4) is 10.6 Å². The van der Waals surface area contributed by atoms with E-state index in [1.54, 1.807) is 28.5 Å². The van der Waals surface area contributed by atoms with E-state index in [1.165, 1.54) is 23.5 Å². The molecule has 0 atom stereocenters. The molecule has 0 bridgehead atoms. The molecule has 0 saturated carbocycles. The quantitative estimate of drug-likeness (QED) is 0.592. The lowest BCUT2D eigenvalue weighted by atomic mass is 10.1. The van der Waals surface area contributed by atoms with Crippen molar-refractivity contribution in [3.05, 3.63) is 65.2 Å². The van der Waals surface area contributed by atoms with Gasteiger partial charge in [-0.25, -0.2) is 4.98 Å². The summed E-state index contributed by atoms with van der Waals surface area (Å²) in [6.45, 7) is 0.668. The molecule has 3 aromatic rings. The van der Waals surface area contributed by atoms with Gasteiger partial charge in [0, 0.05) is 35.3 Å². The Labute approximate surface area is 180 Å². The summed E-state index contributed by atoms with van der Waals surface area (Å²) in [4.78, 5) is 30.4. The Morgan fingerprint density at radius 2 is 1.94 bits per heavy atom. The van der Waals surface area contributed by atoms with Crippen molar-refractivity contribution in [2.45, 2.75) is 25.4 Å². The summed E-state index contributed by atoms with van der Waals surface area (Å²) >= 11 is 1.27. The largest absolute Gasteiger partial charge is 0.416 e. The van der Waals surface area contributed by atoms with Crippen LogP contribution in [0, 0.1) is 0 Å². The van der Waals surface area contributed by atoms with Gasteiger partial charge in [-0.05, 0) is 36.8 Å². The standard InChI is InChI=1S/C22H18F3N3O2S/c23-22(24,25)15-8-6-14(7-9-15)21-27-17(13-31-21)12-19(29)26-16-3-1-4-18(11-16)28-10-2-5-20(28)30/h1,3-4,6-9,11,13H,2,5,10,12H2,(H,26,29). The van der Waals surface area contributed by atoms with Crippen molar-refractivity contribution in [2.75, 3.05) is 16.8 Å². The molecule has 2 heterocycles. The molecule has 1 N–H and O–H groups in total. The number of thiazole rings is 1. The number of amides is 2. The average Bonchev–Trinajstić information content (AvgIpc) is 3.36. The summed E-state index contributed by atoms with van der Waals surface area (Å²) in [5, 5.41) is 5.07. The number of rotatable bonds is 5. The maximum atomic E-state index is 12.7. The molecule has 1 aliphatic heterocycles. The first-order valence-electron chi connectivity index (χ1n) is 9.62. The van der Waals surface area contributed by atoms with Crippen LogP contribution in [0.3, 0.4) is 0 Å². The van der Waals surface area contributed by atoms with Crippen LogP contribution >= 0.6 is 11.3 Å². The summed E-state index contributed by atoms with van der Waals surface area (Å²) < 4.78 is 38.1. The lowest BCUT2D eigenvalue weighted by Crippen LogP contribution is -2.23. The number of halogens is 3. The van der Waals surface area contributed by atoms with Crippen LogP contribution in [0.25, 0.3) is 10.6 Å². The Hall–Kier alpha value is -3.20. The number of carbonyl (C=O) groups excluding carboxylic acids is 2. The van der Waals surface area contributed by atoms with E-state index in [9.17, 15) is 22.8 Å². The first-order chi connectivity index (χ1) is 14.8. The van der Waals surface area contributed by atoms with Gasteiger partial charge in [0.05, 0.1) is 17.7 Å². The van der Waals surface area contributed by atoms with Crippen molar-refractivity contribution in [1.29, 1.82) is 0 Å². The summed E-state index contributed by atoms with van der Waals surface area (Å²) in [7, 11) is 0. The average molecular weight is 445 g/mol. The van der Waals surface area contributed by atoms with Crippen LogP contribution in [-0.2, 0) is 22.2 Å². The van der Waals surface area contributed by atoms with Gasteiger partial charge in [0.15, 0.2) is 0 Å². The molecule has 1 fully saturated rings. The second-order valence-corrected chi connectivity index (χ2v) is 8.00. The van der Waals surface area contributed by atoms with Crippen LogP contribution in [0.4, 0.5) is 24.5 Å². The predicted octanol–water partition coefficient (Wildman–Crippen LogP) is 5.14. The van der Waals surface area contributed by atoms with Crippen molar-refractivity contribution < 1.29 is 22.8 Å². The van der Waals surface area contributed by atoms with E-state index in [4.69, 9.17) is 0 Å². The number of carbonyl (C=O) groups is 2. The molecule has 2 amide bonds. The third-order valence-electron chi connectivity index (χ3n) is 4.87. The van der Waals surface area contributed by atoms with Gasteiger partial charge >= 0.3 is 6.18 Å². The van der Waals surface area contributed by atoms with Gasteiger partial charge in [0.2, 0.25) is 11.8 Å². The van der Waals surface area contributed by atoms with Crippen LogP contribution < -0.4 is 10.2 Å². The third kappa shape index (κ3) is 4.93. The maximum Gasteiger partial charge on any atom is 0.416 e. The fourth-order valence-corrected chi connectivity index (χ4v) is 4.19. The molecule has 1 aromatic heterocycles. The first-order valence-corrected chi connectivity index (χ1v) is 10.5. The van der Waals surface area contributed by atoms with E-state index in [-0.39, 0.29) is 18.2 Å². The second-order valence-electron chi connectivity index (χ2n) is 7.14. The smallest absolute Gasteiger partial charge is 0.326 e. The van der Waals surface area contributed by atoms with Crippen LogP contribution in [0.2, 0.25) is 0 Å². The first kappa shape index (κ1) is 21.0. The zero-order valence-electron chi connectivity index (χ0n) is 16.3. The molecule has 160 valence electrons. The van der Waals surface area contributed by atoms with E-state index in [0.29, 0.717) is 34.9 Å². The van der Waals surface area contributed by atoms with Gasteiger partial charge in [-0.1, -0.05) is 18.2 Å². The Balaban J connectivity index is 1.40. The van der Waals surface area contributed by atoms with E-state index in [1.807, 2.05) is 6.07 Å². The highest BCUT2D eigenvalue weighted by Gasteiger charge is 2.30. The summed E-state index contributed by atoms with van der Waals surface area (Å²) in [5.74, 6) is -0.198. The van der Waals surface area contributed by atoms with Gasteiger partial charge < -0.3 is 10.2 Å². The molecule has 4 rings (SSSR count). The van der Waals surface area contributed by atoms with E-state index in [0.717, 1.165) is 24.2 Å². The Bertz CT molecular complexity index is 1110. The highest BCUT2D eigenvalue weighted by atomic mass is 32.1. The summed E-state index contributed by atoms with van der Waals surface area (Å²) in [6.07, 6.45) is -3.00. The Morgan fingerprint density at radius 3 is 2.61 bits per heavy atom. The number of aromatic nitrogens is 1. The lowest BCUT2D eigenvalue weighted by molar-refractivity contribution is -0.137. The van der Waals surface area contributed by atoms with E-state index < -0.39 is 11.7 Å². The predicted molar refractivity (Wildman–Crippen MR) is 113 cm³/mol. The molecule has 9 heteroatoms. The minimum Gasteiger partial charge on any atom is -0.326 e. The monoisotopic (exact) mass is 445 g/mol. The molecular formula is C22H18F3N3O2S. The summed E-state index contributed by atoms with van der Waals surface area (Å²) in [6, 6.07) is 11.9. The molecule has 31 heavy (non-hydrogen) atoms. The number of benzene rings is 2. The zero-order chi connectivity index (χ0) is 22.0. The fourth-order valence-electron chi connectivity index (χ4n) is 3.36. The zero-order valence-corrected chi connectivity index (χ0v) is 17.1. The number of hydrogen-bond donors (Lipinski definition) is 1. The highest BCUT2D eigenvalue weighted by Crippen LogP contribution is 2.32. The number of alkyl halides is 3. The topological polar surface area (TPSA) is 62.3 Å². The number of anilines is 2. The van der Waals surface area contributed by atoms with Gasteiger partial charge in [0.25, 0.3) is 0 Å². The number of hydrogen-bond acceptors (Lipinski definition) is 4. The third-order valence-corrected chi connectivity index (χ3v) is 5.81. The second kappa shape index (κ2) is 8.50. The molecule has 0 aliphatic carbocycles. The molecule has 0 radical (unpaired) electrons. The van der Waals surface area contributed by atoms with Crippen molar-refractivity contribution in [2.24, 2.45) is 0 Å². The minimum absolute atomic E-state index is 0.0318. The van der Waals surface area contributed by atoms with Crippen LogP contribution in [-0.4, -0.2) is 23.3 Å². The molecule has 0 unspecified atom stereocenters. The van der Waals surface area contributed by atoms with Crippen LogP contribution in [0.15, 0.2) is 53.9 Å². The Kier molecular flexibility index (Phi) is 5.77. The number of nitrogens with zero attached hydrogens (tertiary/aromatic N) is 2. The van der Waals surface area contributed by atoms with Gasteiger partial charge in [-0.2, -0.15) is 13.2 Å². The van der Waals surface area contributed by atoms with Gasteiger partial charge in [0.1, 0.15) is 5.01 Å². The van der Waals surface area contributed by atoms with E-state index in [2.05, 4.69) is 10.3 Å². The number of nitrogens with one attached hydrogen (secondary N) is 1. The minimum atomic E-state index is -4.38. The van der Waals surface area contributed by atoms with Gasteiger partial charge in [-0.15, -0.1) is 11.3 Å². The normalized spacial score (nSPS) is 14.2. The van der Waals surface area contributed by atoms with Crippen LogP contribution in [0.1, 0.15) is 24.1 Å². The Morgan fingerprint density at radius 1 is 1.16 bits per heavy atom. The molecular weight excluding hydrogens is 427 g/mol. The maximum absolute atomic E-state index is 12.7. The molecule has 1 aliphatic rings. The molecule has 5 nitrogen and oxygen atoms in total. The van der Waals surface area contributed by atoms with Gasteiger partial charge in [-0.3, -0.25) is 9.59 Å². The molecule has 0 spiro atoms. The summed E-state index contributed by atoms with van der Waals surface area (Å²) in [5.41, 5.74) is 1.71. The highest BCUT2D eigenvalue weighted by molar-refractivity contribution is 7.13. The molecule has 1 saturated heterocycles. The van der Waals surface area contributed by atoms with E-state index >= 15 is 0 Å².